The summed E-state index contributed by atoms with van der Waals surface area (Å²) in [4.78, 5) is 28.4. The minimum atomic E-state index is -0.724. The van der Waals surface area contributed by atoms with E-state index in [4.69, 9.17) is 4.74 Å². The Kier molecular flexibility index (Phi) is 6.53. The van der Waals surface area contributed by atoms with Crippen LogP contribution in [0.1, 0.15) is 49.1 Å². The van der Waals surface area contributed by atoms with Crippen LogP contribution >= 0.6 is 0 Å². The predicted molar refractivity (Wildman–Crippen MR) is 150 cm³/mol. The van der Waals surface area contributed by atoms with E-state index in [0.717, 1.165) is 27.5 Å². The van der Waals surface area contributed by atoms with Crippen LogP contribution < -0.4 is 4.74 Å². The lowest BCUT2D eigenvalue weighted by Gasteiger charge is -2.26. The number of methoxy groups -OCH3 is 1. The van der Waals surface area contributed by atoms with Crippen LogP contribution in [-0.2, 0) is 21.5 Å². The lowest BCUT2D eigenvalue weighted by Crippen LogP contribution is -2.29. The van der Waals surface area contributed by atoms with Crippen LogP contribution in [-0.4, -0.2) is 28.8 Å². The normalized spacial score (nSPS) is 17.3. The zero-order valence-corrected chi connectivity index (χ0v) is 22.1. The number of carbonyl (C=O) groups excluding carboxylic acids is 2. The minimum absolute atomic E-state index is 0.0471. The molecular formula is C33H31NO4. The van der Waals surface area contributed by atoms with Gasteiger partial charge < -0.3 is 14.7 Å². The molecule has 1 aliphatic rings. The zero-order valence-electron chi connectivity index (χ0n) is 22.1. The largest absolute Gasteiger partial charge is 0.507 e. The van der Waals surface area contributed by atoms with Crippen LogP contribution in [0.2, 0.25) is 0 Å². The summed E-state index contributed by atoms with van der Waals surface area (Å²) in [7, 11) is 1.60. The van der Waals surface area contributed by atoms with Crippen molar-refractivity contribution >= 4 is 28.2 Å². The number of Topliss-reactive ketones (excluding diaryl/α,β-unsaturated/α-hetero) is 1. The molecule has 1 atom stereocenters. The Labute approximate surface area is 223 Å². The maximum Gasteiger partial charge on any atom is 0.295 e. The summed E-state index contributed by atoms with van der Waals surface area (Å²) in [6, 6.07) is 28.0. The van der Waals surface area contributed by atoms with Crippen molar-refractivity contribution in [3.8, 4) is 5.75 Å². The molecule has 1 aliphatic heterocycles. The second-order valence-corrected chi connectivity index (χ2v) is 10.7. The standard InChI is InChI=1S/C33H31NO4/c1-33(2,3)26-15-13-23(14-16-26)29-28(30(35)25-12-11-22-7-5-6-8-24(22)19-25)31(36)32(37)34(29)20-21-9-17-27(38-4)18-10-21/h5-19,29,35H,20H2,1-4H3/b30-28-. The van der Waals surface area contributed by atoms with Gasteiger partial charge in [0.2, 0.25) is 0 Å². The van der Waals surface area contributed by atoms with Gasteiger partial charge in [0.25, 0.3) is 11.7 Å². The number of aliphatic hydroxyl groups is 1. The lowest BCUT2D eigenvalue weighted by atomic mass is 9.85. The molecule has 1 saturated heterocycles. The summed E-state index contributed by atoms with van der Waals surface area (Å²) in [6.07, 6.45) is 0. The Balaban J connectivity index is 1.63. The highest BCUT2D eigenvalue weighted by Crippen LogP contribution is 2.41. The topological polar surface area (TPSA) is 66.8 Å². The predicted octanol–water partition coefficient (Wildman–Crippen LogP) is 6.77. The number of ether oxygens (including phenoxy) is 1. The summed E-state index contributed by atoms with van der Waals surface area (Å²) in [6.45, 7) is 6.63. The first-order valence-electron chi connectivity index (χ1n) is 12.7. The van der Waals surface area contributed by atoms with Crippen LogP contribution in [0, 0.1) is 0 Å². The van der Waals surface area contributed by atoms with Crippen LogP contribution in [0.4, 0.5) is 0 Å². The van der Waals surface area contributed by atoms with Crippen LogP contribution in [0.3, 0.4) is 0 Å². The first-order chi connectivity index (χ1) is 18.2. The molecule has 0 radical (unpaired) electrons. The zero-order chi connectivity index (χ0) is 27.0. The van der Waals surface area contributed by atoms with Crippen LogP contribution in [0.25, 0.3) is 16.5 Å². The van der Waals surface area contributed by atoms with Gasteiger partial charge in [-0.15, -0.1) is 0 Å². The molecule has 0 bridgehead atoms. The second-order valence-electron chi connectivity index (χ2n) is 10.7. The number of nitrogens with zero attached hydrogens (tertiary/aromatic N) is 1. The molecule has 5 heteroatoms. The molecule has 4 aromatic carbocycles. The number of carbonyl (C=O) groups is 2. The molecule has 4 aromatic rings. The van der Waals surface area contributed by atoms with Crippen molar-refractivity contribution in [1.82, 2.24) is 4.90 Å². The number of hydrogen-bond donors (Lipinski definition) is 1. The SMILES string of the molecule is COc1ccc(CN2C(=O)C(=O)/C(=C(\O)c3ccc4ccccc4c3)C2c2ccc(C(C)(C)C)cc2)cc1. The van der Waals surface area contributed by atoms with Crippen molar-refractivity contribution < 1.29 is 19.4 Å². The Bertz CT molecular complexity index is 1540. The third-order valence-corrected chi connectivity index (χ3v) is 7.17. The molecule has 1 N–H and O–H groups in total. The van der Waals surface area contributed by atoms with E-state index in [9.17, 15) is 14.7 Å². The van der Waals surface area contributed by atoms with Gasteiger partial charge in [0, 0.05) is 12.1 Å². The van der Waals surface area contributed by atoms with Gasteiger partial charge in [-0.1, -0.05) is 93.6 Å². The van der Waals surface area contributed by atoms with E-state index in [2.05, 4.69) is 20.8 Å². The molecular weight excluding hydrogens is 474 g/mol. The molecule has 1 fully saturated rings. The van der Waals surface area contributed by atoms with Crippen LogP contribution in [0.5, 0.6) is 5.75 Å². The molecule has 192 valence electrons. The summed E-state index contributed by atoms with van der Waals surface area (Å²) >= 11 is 0. The lowest BCUT2D eigenvalue weighted by molar-refractivity contribution is -0.140. The molecule has 1 heterocycles. The number of rotatable bonds is 5. The summed E-state index contributed by atoms with van der Waals surface area (Å²) in [5.41, 5.74) is 3.32. The monoisotopic (exact) mass is 505 g/mol. The summed E-state index contributed by atoms with van der Waals surface area (Å²) < 4.78 is 5.26. The van der Waals surface area contributed by atoms with Crippen molar-refractivity contribution in [1.29, 1.82) is 0 Å². The van der Waals surface area contributed by atoms with Gasteiger partial charge in [-0.25, -0.2) is 0 Å². The maximum absolute atomic E-state index is 13.5. The van der Waals surface area contributed by atoms with E-state index in [1.54, 1.807) is 18.1 Å². The Hall–Kier alpha value is -4.38. The quantitative estimate of drug-likeness (QED) is 0.185. The van der Waals surface area contributed by atoms with Gasteiger partial charge in [0.15, 0.2) is 0 Å². The molecule has 0 saturated carbocycles. The highest BCUT2D eigenvalue weighted by atomic mass is 16.5. The number of likely N-dealkylation sites (tertiary alicyclic amines) is 1. The van der Waals surface area contributed by atoms with Gasteiger partial charge in [0.05, 0.1) is 18.7 Å². The Morgan fingerprint density at radius 3 is 2.16 bits per heavy atom. The average Bonchev–Trinajstić information content (AvgIpc) is 3.17. The number of aliphatic hydroxyl groups excluding tert-OH is 1. The number of amides is 1. The maximum atomic E-state index is 13.5. The molecule has 0 aromatic heterocycles. The minimum Gasteiger partial charge on any atom is -0.507 e. The first kappa shape index (κ1) is 25.3. The summed E-state index contributed by atoms with van der Waals surface area (Å²) in [5, 5.41) is 13.5. The summed E-state index contributed by atoms with van der Waals surface area (Å²) in [5.74, 6) is -0.778. The highest BCUT2D eigenvalue weighted by Gasteiger charge is 2.46. The van der Waals surface area contributed by atoms with Gasteiger partial charge in [0.1, 0.15) is 11.5 Å². The fraction of sp³-hybridized carbons (Fsp3) is 0.212. The Morgan fingerprint density at radius 2 is 1.53 bits per heavy atom. The van der Waals surface area contributed by atoms with Crippen molar-refractivity contribution in [2.24, 2.45) is 0 Å². The van der Waals surface area contributed by atoms with Crippen LogP contribution in [0.15, 0.2) is 96.6 Å². The van der Waals surface area contributed by atoms with Crippen molar-refractivity contribution in [3.63, 3.8) is 0 Å². The number of fused-ring (bicyclic) bond motifs is 1. The third kappa shape index (κ3) is 4.68. The van der Waals surface area contributed by atoms with E-state index in [-0.39, 0.29) is 23.3 Å². The van der Waals surface area contributed by atoms with Gasteiger partial charge in [-0.05, 0) is 51.1 Å². The van der Waals surface area contributed by atoms with Crippen molar-refractivity contribution in [2.45, 2.75) is 38.8 Å². The molecule has 0 aliphatic carbocycles. The molecule has 5 rings (SSSR count). The van der Waals surface area contributed by atoms with E-state index in [0.29, 0.717) is 11.3 Å². The fourth-order valence-corrected chi connectivity index (χ4v) is 4.97. The average molecular weight is 506 g/mol. The van der Waals surface area contributed by atoms with E-state index < -0.39 is 17.7 Å². The van der Waals surface area contributed by atoms with Crippen molar-refractivity contribution in [2.75, 3.05) is 7.11 Å². The first-order valence-corrected chi connectivity index (χ1v) is 12.7. The fourth-order valence-electron chi connectivity index (χ4n) is 4.97. The smallest absolute Gasteiger partial charge is 0.295 e. The number of ketones is 1. The molecule has 1 unspecified atom stereocenters. The highest BCUT2D eigenvalue weighted by molar-refractivity contribution is 6.46. The Morgan fingerprint density at radius 1 is 0.868 bits per heavy atom. The van der Waals surface area contributed by atoms with E-state index >= 15 is 0 Å². The third-order valence-electron chi connectivity index (χ3n) is 7.17. The van der Waals surface area contributed by atoms with Gasteiger partial charge >= 0.3 is 0 Å². The molecule has 1 amide bonds. The molecule has 0 spiro atoms. The van der Waals surface area contributed by atoms with E-state index in [1.807, 2.05) is 84.9 Å². The second kappa shape index (κ2) is 9.82. The van der Waals surface area contributed by atoms with Crippen molar-refractivity contribution in [3.05, 3.63) is 119 Å². The number of benzene rings is 4. The van der Waals surface area contributed by atoms with Gasteiger partial charge in [-0.3, -0.25) is 9.59 Å². The van der Waals surface area contributed by atoms with Gasteiger partial charge in [-0.2, -0.15) is 0 Å². The molecule has 5 nitrogen and oxygen atoms in total. The molecule has 38 heavy (non-hydrogen) atoms. The van der Waals surface area contributed by atoms with E-state index in [1.165, 1.54) is 0 Å². The number of hydrogen-bond acceptors (Lipinski definition) is 4.